The standard InChI is InChI=1S/C12H26N2/c1-4-6-8-12(3,5-2)14-9-7-11(13)10-14/h11H,4-10,13H2,1-3H3/t11-,12?/m1/s1. The predicted octanol–water partition coefficient (Wildman–Crippen LogP) is 2.38. The van der Waals surface area contributed by atoms with E-state index in [1.54, 1.807) is 0 Å². The van der Waals surface area contributed by atoms with Crippen LogP contribution >= 0.6 is 0 Å². The van der Waals surface area contributed by atoms with Gasteiger partial charge in [0.1, 0.15) is 0 Å². The molecule has 1 unspecified atom stereocenters. The Bertz CT molecular complexity index is 170. The van der Waals surface area contributed by atoms with Crippen molar-refractivity contribution < 1.29 is 0 Å². The quantitative estimate of drug-likeness (QED) is 0.735. The van der Waals surface area contributed by atoms with E-state index in [9.17, 15) is 0 Å². The second-order valence-corrected chi connectivity index (χ2v) is 4.95. The van der Waals surface area contributed by atoms with Crippen molar-refractivity contribution in [2.24, 2.45) is 5.73 Å². The molecule has 0 radical (unpaired) electrons. The third-order valence-electron chi connectivity index (χ3n) is 3.82. The first-order chi connectivity index (χ1) is 6.62. The van der Waals surface area contributed by atoms with Gasteiger partial charge >= 0.3 is 0 Å². The van der Waals surface area contributed by atoms with E-state index in [1.165, 1.54) is 38.6 Å². The summed E-state index contributed by atoms with van der Waals surface area (Å²) in [5.41, 5.74) is 6.37. The first-order valence-corrected chi connectivity index (χ1v) is 6.13. The lowest BCUT2D eigenvalue weighted by Crippen LogP contribution is -2.45. The van der Waals surface area contributed by atoms with Crippen LogP contribution in [0.15, 0.2) is 0 Å². The highest BCUT2D eigenvalue weighted by molar-refractivity contribution is 4.91. The van der Waals surface area contributed by atoms with Crippen LogP contribution in [0, 0.1) is 0 Å². The van der Waals surface area contributed by atoms with E-state index in [-0.39, 0.29) is 0 Å². The number of hydrogen-bond acceptors (Lipinski definition) is 2. The van der Waals surface area contributed by atoms with Gasteiger partial charge in [0, 0.05) is 24.7 Å². The van der Waals surface area contributed by atoms with Gasteiger partial charge in [-0.25, -0.2) is 0 Å². The monoisotopic (exact) mass is 198 g/mol. The summed E-state index contributed by atoms with van der Waals surface area (Å²) in [5.74, 6) is 0. The van der Waals surface area contributed by atoms with Crippen molar-refractivity contribution >= 4 is 0 Å². The zero-order valence-electron chi connectivity index (χ0n) is 10.1. The Morgan fingerprint density at radius 2 is 2.14 bits per heavy atom. The molecule has 2 atom stereocenters. The molecule has 0 saturated carbocycles. The summed E-state index contributed by atoms with van der Waals surface area (Å²) in [6.07, 6.45) is 6.40. The number of likely N-dealkylation sites (tertiary alicyclic amines) is 1. The molecule has 1 aliphatic heterocycles. The van der Waals surface area contributed by atoms with Crippen molar-refractivity contribution in [1.29, 1.82) is 0 Å². The molecule has 2 nitrogen and oxygen atoms in total. The highest BCUT2D eigenvalue weighted by Gasteiger charge is 2.33. The number of unbranched alkanes of at least 4 members (excludes halogenated alkanes) is 1. The van der Waals surface area contributed by atoms with Gasteiger partial charge < -0.3 is 5.73 Å². The lowest BCUT2D eigenvalue weighted by molar-refractivity contribution is 0.115. The first-order valence-electron chi connectivity index (χ1n) is 6.13. The van der Waals surface area contributed by atoms with Gasteiger partial charge in [-0.1, -0.05) is 26.7 Å². The average Bonchev–Trinajstić information content (AvgIpc) is 2.62. The summed E-state index contributed by atoms with van der Waals surface area (Å²) in [6.45, 7) is 9.29. The third-order valence-corrected chi connectivity index (χ3v) is 3.82. The second kappa shape index (κ2) is 5.13. The highest BCUT2D eigenvalue weighted by Crippen LogP contribution is 2.28. The fourth-order valence-corrected chi connectivity index (χ4v) is 2.39. The van der Waals surface area contributed by atoms with Crippen LogP contribution in [0.4, 0.5) is 0 Å². The van der Waals surface area contributed by atoms with E-state index in [4.69, 9.17) is 5.73 Å². The van der Waals surface area contributed by atoms with E-state index < -0.39 is 0 Å². The predicted molar refractivity (Wildman–Crippen MR) is 62.4 cm³/mol. The van der Waals surface area contributed by atoms with Crippen molar-refractivity contribution in [1.82, 2.24) is 4.90 Å². The van der Waals surface area contributed by atoms with Crippen LogP contribution in [0.25, 0.3) is 0 Å². The zero-order valence-corrected chi connectivity index (χ0v) is 10.1. The van der Waals surface area contributed by atoms with E-state index in [0.717, 1.165) is 6.54 Å². The molecule has 0 aromatic rings. The molecule has 0 aromatic carbocycles. The summed E-state index contributed by atoms with van der Waals surface area (Å²) in [6, 6.07) is 0.419. The normalized spacial score (nSPS) is 27.9. The second-order valence-electron chi connectivity index (χ2n) is 4.95. The van der Waals surface area contributed by atoms with Crippen LogP contribution in [0.1, 0.15) is 52.9 Å². The maximum absolute atomic E-state index is 5.96. The number of nitrogens with zero attached hydrogens (tertiary/aromatic N) is 1. The Hall–Kier alpha value is -0.0800. The molecule has 0 bridgehead atoms. The molecule has 0 spiro atoms. The van der Waals surface area contributed by atoms with Gasteiger partial charge in [-0.3, -0.25) is 4.90 Å². The van der Waals surface area contributed by atoms with Gasteiger partial charge in [-0.15, -0.1) is 0 Å². The summed E-state index contributed by atoms with van der Waals surface area (Å²) < 4.78 is 0. The summed E-state index contributed by atoms with van der Waals surface area (Å²) in [7, 11) is 0. The van der Waals surface area contributed by atoms with Gasteiger partial charge in [0.25, 0.3) is 0 Å². The van der Waals surface area contributed by atoms with Gasteiger partial charge in [0.2, 0.25) is 0 Å². The molecular formula is C12H26N2. The molecule has 0 amide bonds. The van der Waals surface area contributed by atoms with Gasteiger partial charge in [0.05, 0.1) is 0 Å². The molecule has 2 N–H and O–H groups in total. The van der Waals surface area contributed by atoms with Crippen LogP contribution < -0.4 is 5.73 Å². The Morgan fingerprint density at radius 3 is 2.57 bits per heavy atom. The Morgan fingerprint density at radius 1 is 1.43 bits per heavy atom. The van der Waals surface area contributed by atoms with Crippen molar-refractivity contribution in [3.8, 4) is 0 Å². The molecule has 1 saturated heterocycles. The first kappa shape index (κ1) is 12.0. The Balaban J connectivity index is 2.50. The fraction of sp³-hybridized carbons (Fsp3) is 1.00. The molecule has 1 rings (SSSR count). The van der Waals surface area contributed by atoms with Crippen molar-refractivity contribution in [2.45, 2.75) is 64.5 Å². The number of nitrogens with two attached hydrogens (primary N) is 1. The van der Waals surface area contributed by atoms with E-state index in [2.05, 4.69) is 25.7 Å². The molecule has 0 aliphatic carbocycles. The lowest BCUT2D eigenvalue weighted by Gasteiger charge is -2.38. The van der Waals surface area contributed by atoms with Crippen LogP contribution in [-0.2, 0) is 0 Å². The number of hydrogen-bond donors (Lipinski definition) is 1. The van der Waals surface area contributed by atoms with Gasteiger partial charge in [-0.2, -0.15) is 0 Å². The maximum atomic E-state index is 5.96. The van der Waals surface area contributed by atoms with E-state index in [1.807, 2.05) is 0 Å². The molecule has 14 heavy (non-hydrogen) atoms. The summed E-state index contributed by atoms with van der Waals surface area (Å²) in [4.78, 5) is 2.60. The topological polar surface area (TPSA) is 29.3 Å². The zero-order chi connectivity index (χ0) is 10.6. The van der Waals surface area contributed by atoms with Crippen molar-refractivity contribution in [2.75, 3.05) is 13.1 Å². The highest BCUT2D eigenvalue weighted by atomic mass is 15.2. The molecule has 1 heterocycles. The van der Waals surface area contributed by atoms with E-state index >= 15 is 0 Å². The van der Waals surface area contributed by atoms with Crippen LogP contribution in [0.5, 0.6) is 0 Å². The van der Waals surface area contributed by atoms with Crippen LogP contribution in [-0.4, -0.2) is 29.6 Å². The smallest absolute Gasteiger partial charge is 0.0180 e. The summed E-state index contributed by atoms with van der Waals surface area (Å²) >= 11 is 0. The lowest BCUT2D eigenvalue weighted by atomic mass is 9.90. The minimum absolute atomic E-state index is 0.407. The largest absolute Gasteiger partial charge is 0.326 e. The minimum atomic E-state index is 0.407. The van der Waals surface area contributed by atoms with Gasteiger partial charge in [-0.05, 0) is 26.2 Å². The SMILES string of the molecule is CCCCC(C)(CC)N1CC[C@@H](N)C1. The molecule has 0 aromatic heterocycles. The Labute approximate surface area is 88.8 Å². The van der Waals surface area contributed by atoms with E-state index in [0.29, 0.717) is 11.6 Å². The molecular weight excluding hydrogens is 172 g/mol. The molecule has 84 valence electrons. The molecule has 1 fully saturated rings. The molecule has 1 aliphatic rings. The fourth-order valence-electron chi connectivity index (χ4n) is 2.39. The maximum Gasteiger partial charge on any atom is 0.0180 e. The van der Waals surface area contributed by atoms with Crippen molar-refractivity contribution in [3.05, 3.63) is 0 Å². The van der Waals surface area contributed by atoms with Crippen LogP contribution in [0.3, 0.4) is 0 Å². The van der Waals surface area contributed by atoms with Gasteiger partial charge in [0.15, 0.2) is 0 Å². The number of rotatable bonds is 5. The Kier molecular flexibility index (Phi) is 4.39. The van der Waals surface area contributed by atoms with Crippen molar-refractivity contribution in [3.63, 3.8) is 0 Å². The average molecular weight is 198 g/mol. The molecule has 2 heteroatoms. The summed E-state index contributed by atoms with van der Waals surface area (Å²) in [5, 5.41) is 0. The third kappa shape index (κ3) is 2.71. The van der Waals surface area contributed by atoms with Crippen LogP contribution in [0.2, 0.25) is 0 Å². The minimum Gasteiger partial charge on any atom is -0.326 e.